The second-order valence-electron chi connectivity index (χ2n) is 4.64. The molecule has 1 aromatic carbocycles. The highest BCUT2D eigenvalue weighted by Crippen LogP contribution is 2.06. The van der Waals surface area contributed by atoms with Crippen LogP contribution in [0.5, 0.6) is 0 Å². The Morgan fingerprint density at radius 3 is 2.50 bits per heavy atom. The van der Waals surface area contributed by atoms with E-state index in [9.17, 15) is 8.42 Å². The van der Waals surface area contributed by atoms with E-state index in [4.69, 9.17) is 5.11 Å². The molecule has 18 heavy (non-hydrogen) atoms. The van der Waals surface area contributed by atoms with Crippen LogP contribution in [-0.2, 0) is 16.3 Å². The molecule has 1 atom stereocenters. The van der Waals surface area contributed by atoms with Crippen molar-refractivity contribution in [2.45, 2.75) is 26.4 Å². The minimum Gasteiger partial charge on any atom is -0.392 e. The minimum absolute atomic E-state index is 0.0186. The van der Waals surface area contributed by atoms with Crippen molar-refractivity contribution in [3.63, 3.8) is 0 Å². The Labute approximate surface area is 109 Å². The molecule has 1 unspecified atom stereocenters. The van der Waals surface area contributed by atoms with E-state index in [1.165, 1.54) is 6.92 Å². The van der Waals surface area contributed by atoms with Gasteiger partial charge < -0.3 is 5.11 Å². The van der Waals surface area contributed by atoms with Gasteiger partial charge in [-0.1, -0.05) is 42.0 Å². The Morgan fingerprint density at radius 1 is 1.33 bits per heavy atom. The van der Waals surface area contributed by atoms with Crippen molar-refractivity contribution >= 4 is 9.84 Å². The summed E-state index contributed by atoms with van der Waals surface area (Å²) in [6.45, 7) is 3.29. The normalized spacial score (nSPS) is 14.5. The number of hydrogen-bond acceptors (Lipinski definition) is 3. The van der Waals surface area contributed by atoms with Crippen LogP contribution in [0.15, 0.2) is 42.0 Å². The first-order valence-corrected chi connectivity index (χ1v) is 7.79. The van der Waals surface area contributed by atoms with Gasteiger partial charge in [0.1, 0.15) is 0 Å². The van der Waals surface area contributed by atoms with Gasteiger partial charge in [-0.25, -0.2) is 8.42 Å². The second kappa shape index (κ2) is 6.71. The van der Waals surface area contributed by atoms with Gasteiger partial charge in [0, 0.05) is 0 Å². The maximum atomic E-state index is 11.7. The van der Waals surface area contributed by atoms with E-state index in [1.807, 2.05) is 43.3 Å². The van der Waals surface area contributed by atoms with Gasteiger partial charge in [0.2, 0.25) is 0 Å². The number of benzene rings is 1. The predicted molar refractivity (Wildman–Crippen MR) is 74.2 cm³/mol. The first-order valence-electron chi connectivity index (χ1n) is 5.97. The molecule has 0 amide bonds. The van der Waals surface area contributed by atoms with Gasteiger partial charge in [0.25, 0.3) is 0 Å². The predicted octanol–water partition coefficient (Wildman–Crippen LogP) is 1.97. The number of hydrogen-bond donors (Lipinski definition) is 1. The van der Waals surface area contributed by atoms with E-state index in [0.717, 1.165) is 17.6 Å². The molecule has 0 aliphatic carbocycles. The molecule has 0 aliphatic heterocycles. The van der Waals surface area contributed by atoms with Crippen molar-refractivity contribution < 1.29 is 13.5 Å². The summed E-state index contributed by atoms with van der Waals surface area (Å²) >= 11 is 0. The van der Waals surface area contributed by atoms with Crippen molar-refractivity contribution in [2.24, 2.45) is 0 Å². The van der Waals surface area contributed by atoms with Crippen molar-refractivity contribution in [1.82, 2.24) is 0 Å². The van der Waals surface area contributed by atoms with Crippen molar-refractivity contribution in [1.29, 1.82) is 0 Å². The summed E-state index contributed by atoms with van der Waals surface area (Å²) in [7, 11) is -3.20. The Hall–Kier alpha value is -1.13. The fraction of sp³-hybridized carbons (Fsp3) is 0.429. The molecule has 3 nitrogen and oxygen atoms in total. The van der Waals surface area contributed by atoms with Gasteiger partial charge in [-0.15, -0.1) is 0 Å². The molecule has 1 N–H and O–H groups in total. The molecule has 0 bridgehead atoms. The zero-order chi connectivity index (χ0) is 13.6. The molecule has 0 aromatic heterocycles. The van der Waals surface area contributed by atoms with E-state index in [1.54, 1.807) is 0 Å². The zero-order valence-corrected chi connectivity index (χ0v) is 11.7. The maximum Gasteiger partial charge on any atom is 0.156 e. The third-order valence-electron chi connectivity index (χ3n) is 2.47. The molecule has 1 rings (SSSR count). The van der Waals surface area contributed by atoms with E-state index in [0.29, 0.717) is 0 Å². The van der Waals surface area contributed by atoms with Gasteiger partial charge in [0.15, 0.2) is 9.84 Å². The SMILES string of the molecule is C/C(=C\Cc1ccccc1)CS(=O)(=O)CC(C)O. The molecule has 0 heterocycles. The van der Waals surface area contributed by atoms with E-state index in [-0.39, 0.29) is 11.5 Å². The topological polar surface area (TPSA) is 54.4 Å². The third-order valence-corrected chi connectivity index (χ3v) is 4.36. The number of rotatable bonds is 6. The average molecular weight is 268 g/mol. The Balaban J connectivity index is 2.58. The van der Waals surface area contributed by atoms with Crippen LogP contribution in [0.2, 0.25) is 0 Å². The second-order valence-corrected chi connectivity index (χ2v) is 6.75. The lowest BCUT2D eigenvalue weighted by atomic mass is 10.1. The van der Waals surface area contributed by atoms with E-state index >= 15 is 0 Å². The molecule has 0 saturated carbocycles. The quantitative estimate of drug-likeness (QED) is 0.803. The van der Waals surface area contributed by atoms with Crippen molar-refractivity contribution in [2.75, 3.05) is 11.5 Å². The van der Waals surface area contributed by atoms with Crippen LogP contribution in [0.25, 0.3) is 0 Å². The van der Waals surface area contributed by atoms with Gasteiger partial charge in [-0.2, -0.15) is 0 Å². The monoisotopic (exact) mass is 268 g/mol. The van der Waals surface area contributed by atoms with Crippen LogP contribution in [-0.4, -0.2) is 31.1 Å². The Morgan fingerprint density at radius 2 is 1.94 bits per heavy atom. The molecule has 0 saturated heterocycles. The number of aliphatic hydroxyl groups excluding tert-OH is 1. The van der Waals surface area contributed by atoms with E-state index < -0.39 is 15.9 Å². The molecular formula is C14H20O3S. The summed E-state index contributed by atoms with van der Waals surface area (Å²) in [4.78, 5) is 0. The first-order chi connectivity index (χ1) is 8.39. The summed E-state index contributed by atoms with van der Waals surface area (Å²) in [6.07, 6.45) is 1.85. The largest absolute Gasteiger partial charge is 0.392 e. The third kappa shape index (κ3) is 5.98. The summed E-state index contributed by atoms with van der Waals surface area (Å²) in [5.41, 5.74) is 1.98. The lowest BCUT2D eigenvalue weighted by molar-refractivity contribution is 0.218. The smallest absolute Gasteiger partial charge is 0.156 e. The van der Waals surface area contributed by atoms with Gasteiger partial charge in [-0.3, -0.25) is 0 Å². The highest BCUT2D eigenvalue weighted by Gasteiger charge is 2.14. The van der Waals surface area contributed by atoms with Crippen LogP contribution >= 0.6 is 0 Å². The Kier molecular flexibility index (Phi) is 5.56. The number of sulfone groups is 1. The fourth-order valence-corrected chi connectivity index (χ4v) is 3.40. The summed E-state index contributed by atoms with van der Waals surface area (Å²) in [5, 5.41) is 9.11. The summed E-state index contributed by atoms with van der Waals surface area (Å²) < 4.78 is 23.3. The number of allylic oxidation sites excluding steroid dienone is 1. The molecular weight excluding hydrogens is 248 g/mol. The molecule has 1 aromatic rings. The highest BCUT2D eigenvalue weighted by molar-refractivity contribution is 7.91. The molecule has 100 valence electrons. The molecule has 0 spiro atoms. The molecule has 0 fully saturated rings. The average Bonchev–Trinajstić information content (AvgIpc) is 2.25. The summed E-state index contributed by atoms with van der Waals surface area (Å²) in [6, 6.07) is 9.89. The Bertz CT molecular complexity index is 487. The molecule has 0 radical (unpaired) electrons. The first kappa shape index (κ1) is 14.9. The molecule has 4 heteroatoms. The van der Waals surface area contributed by atoms with Crippen LogP contribution in [0.1, 0.15) is 19.4 Å². The van der Waals surface area contributed by atoms with E-state index in [2.05, 4.69) is 0 Å². The van der Waals surface area contributed by atoms with Gasteiger partial charge in [0.05, 0.1) is 17.6 Å². The highest BCUT2D eigenvalue weighted by atomic mass is 32.2. The number of aliphatic hydroxyl groups is 1. The lowest BCUT2D eigenvalue weighted by Crippen LogP contribution is -2.20. The van der Waals surface area contributed by atoms with Crippen LogP contribution in [0.4, 0.5) is 0 Å². The van der Waals surface area contributed by atoms with Crippen molar-refractivity contribution in [3.05, 3.63) is 47.5 Å². The molecule has 0 aliphatic rings. The van der Waals surface area contributed by atoms with Crippen LogP contribution in [0.3, 0.4) is 0 Å². The summed E-state index contributed by atoms with van der Waals surface area (Å²) in [5.74, 6) is -0.158. The van der Waals surface area contributed by atoms with Gasteiger partial charge in [-0.05, 0) is 25.8 Å². The van der Waals surface area contributed by atoms with Crippen molar-refractivity contribution in [3.8, 4) is 0 Å². The standard InChI is InChI=1S/C14H20O3S/c1-12(10-18(16,17)11-13(2)15)8-9-14-6-4-3-5-7-14/h3-8,13,15H,9-11H2,1-2H3/b12-8+. The zero-order valence-electron chi connectivity index (χ0n) is 10.8. The van der Waals surface area contributed by atoms with Crippen LogP contribution < -0.4 is 0 Å². The lowest BCUT2D eigenvalue weighted by Gasteiger charge is -2.06. The minimum atomic E-state index is -3.20. The fourth-order valence-electron chi connectivity index (χ4n) is 1.74. The maximum absolute atomic E-state index is 11.7. The van der Waals surface area contributed by atoms with Gasteiger partial charge >= 0.3 is 0 Å². The van der Waals surface area contributed by atoms with Crippen LogP contribution in [0, 0.1) is 0 Å².